The van der Waals surface area contributed by atoms with Crippen molar-refractivity contribution < 1.29 is 13.9 Å². The normalized spacial score (nSPS) is 11.4. The Morgan fingerprint density at radius 1 is 0.969 bits per heavy atom. The van der Waals surface area contributed by atoms with Crippen LogP contribution in [0.15, 0.2) is 46.9 Å². The first-order chi connectivity index (χ1) is 15.5. The summed E-state index contributed by atoms with van der Waals surface area (Å²) in [6, 6.07) is 12.9. The van der Waals surface area contributed by atoms with Crippen LogP contribution in [0.25, 0.3) is 11.0 Å². The molecule has 0 fully saturated rings. The van der Waals surface area contributed by atoms with Gasteiger partial charge in [0.1, 0.15) is 11.5 Å². The third-order valence-corrected chi connectivity index (χ3v) is 5.81. The molecule has 0 radical (unpaired) electrons. The molecule has 172 valence electrons. The highest BCUT2D eigenvalue weighted by atomic mass is 16.5. The highest BCUT2D eigenvalue weighted by molar-refractivity contribution is 6.17. The number of rotatable bonds is 13. The lowest BCUT2D eigenvalue weighted by Gasteiger charge is -2.21. The number of unbranched alkanes of at least 4 members (excludes halogenated alkanes) is 2. The summed E-state index contributed by atoms with van der Waals surface area (Å²) in [7, 11) is 0. The van der Waals surface area contributed by atoms with Gasteiger partial charge in [-0.2, -0.15) is 0 Å². The number of nitrogens with two attached hydrogens (primary N) is 1. The number of furan rings is 1. The van der Waals surface area contributed by atoms with E-state index >= 15 is 0 Å². The predicted molar refractivity (Wildman–Crippen MR) is 132 cm³/mol. The van der Waals surface area contributed by atoms with Gasteiger partial charge in [0.15, 0.2) is 11.4 Å². The first kappa shape index (κ1) is 23.9. The molecule has 0 aliphatic carbocycles. The van der Waals surface area contributed by atoms with Crippen molar-refractivity contribution in [3.8, 4) is 5.75 Å². The molecule has 0 saturated carbocycles. The zero-order chi connectivity index (χ0) is 22.9. The number of ether oxygens (including phenoxy) is 1. The van der Waals surface area contributed by atoms with E-state index in [1.54, 1.807) is 13.0 Å². The smallest absolute Gasteiger partial charge is 0.197 e. The van der Waals surface area contributed by atoms with Crippen LogP contribution in [0.2, 0.25) is 0 Å². The molecule has 0 atom stereocenters. The summed E-state index contributed by atoms with van der Waals surface area (Å²) in [6.45, 7) is 10.3. The number of para-hydroxylation sites is 1. The van der Waals surface area contributed by atoms with Crippen molar-refractivity contribution >= 4 is 22.4 Å². The number of hydrogen-bond acceptors (Lipinski definition) is 5. The predicted octanol–water partition coefficient (Wildman–Crippen LogP) is 6.23. The Morgan fingerprint density at radius 2 is 1.62 bits per heavy atom. The number of fused-ring (bicyclic) bond motifs is 1. The zero-order valence-corrected chi connectivity index (χ0v) is 19.7. The van der Waals surface area contributed by atoms with Gasteiger partial charge in [-0.15, -0.1) is 0 Å². The highest BCUT2D eigenvalue weighted by Gasteiger charge is 2.20. The average molecular weight is 437 g/mol. The molecule has 0 saturated heterocycles. The molecular weight excluding hydrogens is 400 g/mol. The summed E-state index contributed by atoms with van der Waals surface area (Å²) >= 11 is 0. The number of aryl methyl sites for hydroxylation is 1. The van der Waals surface area contributed by atoms with Gasteiger partial charge < -0.3 is 19.8 Å². The zero-order valence-electron chi connectivity index (χ0n) is 19.7. The van der Waals surface area contributed by atoms with Crippen LogP contribution in [-0.4, -0.2) is 36.9 Å². The van der Waals surface area contributed by atoms with Crippen molar-refractivity contribution in [1.29, 1.82) is 0 Å². The lowest BCUT2D eigenvalue weighted by atomic mass is 10.00. The van der Waals surface area contributed by atoms with Crippen LogP contribution in [0.1, 0.15) is 67.6 Å². The summed E-state index contributed by atoms with van der Waals surface area (Å²) < 4.78 is 11.7. The minimum Gasteiger partial charge on any atom is -0.494 e. The second kappa shape index (κ2) is 11.7. The quantitative estimate of drug-likeness (QED) is 0.195. The van der Waals surface area contributed by atoms with Crippen molar-refractivity contribution in [2.75, 3.05) is 32.0 Å². The third kappa shape index (κ3) is 5.92. The van der Waals surface area contributed by atoms with Crippen LogP contribution < -0.4 is 10.5 Å². The Labute approximate surface area is 191 Å². The van der Waals surface area contributed by atoms with E-state index in [9.17, 15) is 4.79 Å². The molecule has 1 heterocycles. The Bertz CT molecular complexity index is 1000. The van der Waals surface area contributed by atoms with Crippen LogP contribution in [0.3, 0.4) is 0 Å². The molecule has 0 spiro atoms. The Morgan fingerprint density at radius 3 is 2.28 bits per heavy atom. The van der Waals surface area contributed by atoms with Gasteiger partial charge in [-0.3, -0.25) is 4.79 Å². The van der Waals surface area contributed by atoms with Gasteiger partial charge in [0, 0.05) is 17.5 Å². The number of hydrogen-bond donors (Lipinski definition) is 1. The number of nitrogen functional groups attached to an aromatic ring is 1. The first-order valence-corrected chi connectivity index (χ1v) is 11.8. The molecule has 2 aromatic carbocycles. The molecule has 0 unspecified atom stereocenters. The van der Waals surface area contributed by atoms with E-state index in [1.165, 1.54) is 38.8 Å². The van der Waals surface area contributed by atoms with Crippen LogP contribution >= 0.6 is 0 Å². The minimum atomic E-state index is -0.0686. The van der Waals surface area contributed by atoms with Crippen molar-refractivity contribution in [1.82, 2.24) is 4.90 Å². The van der Waals surface area contributed by atoms with Crippen LogP contribution in [0.5, 0.6) is 5.75 Å². The number of ketones is 1. The highest BCUT2D eigenvalue weighted by Crippen LogP contribution is 2.31. The van der Waals surface area contributed by atoms with Crippen LogP contribution in [0.4, 0.5) is 5.69 Å². The van der Waals surface area contributed by atoms with E-state index in [2.05, 4.69) is 18.7 Å². The molecule has 0 aliphatic rings. The summed E-state index contributed by atoms with van der Waals surface area (Å²) in [5.74, 6) is 1.30. The molecule has 32 heavy (non-hydrogen) atoms. The van der Waals surface area contributed by atoms with Gasteiger partial charge in [0.05, 0.1) is 17.9 Å². The second-order valence-electron chi connectivity index (χ2n) is 8.36. The molecule has 5 heteroatoms. The van der Waals surface area contributed by atoms with Crippen LogP contribution in [-0.2, 0) is 0 Å². The minimum absolute atomic E-state index is 0.0686. The monoisotopic (exact) mass is 436 g/mol. The molecule has 0 aliphatic heterocycles. The SMILES string of the molecule is CCCCN(CCCC)CCCOc1ccc(C(=O)c2c(C)oc3c(N)cccc23)cc1. The maximum atomic E-state index is 13.1. The van der Waals surface area contributed by atoms with Gasteiger partial charge in [-0.25, -0.2) is 0 Å². The molecule has 3 aromatic rings. The summed E-state index contributed by atoms with van der Waals surface area (Å²) in [5, 5.41) is 0.753. The first-order valence-electron chi connectivity index (χ1n) is 11.8. The van der Waals surface area contributed by atoms with Crippen LogP contribution in [0, 0.1) is 6.92 Å². The molecule has 2 N–H and O–H groups in total. The molecular formula is C27H36N2O3. The van der Waals surface area contributed by atoms with Crippen molar-refractivity contribution in [3.05, 3.63) is 59.4 Å². The number of nitrogens with zero attached hydrogens (tertiary/aromatic N) is 1. The van der Waals surface area contributed by atoms with Gasteiger partial charge >= 0.3 is 0 Å². The van der Waals surface area contributed by atoms with Gasteiger partial charge in [0.25, 0.3) is 0 Å². The Balaban J connectivity index is 1.57. The van der Waals surface area contributed by atoms with E-state index in [0.29, 0.717) is 34.8 Å². The molecule has 0 bridgehead atoms. The lowest BCUT2D eigenvalue weighted by Crippen LogP contribution is -2.28. The second-order valence-corrected chi connectivity index (χ2v) is 8.36. The molecule has 5 nitrogen and oxygen atoms in total. The van der Waals surface area contributed by atoms with Gasteiger partial charge in [-0.1, -0.05) is 38.8 Å². The summed E-state index contributed by atoms with van der Waals surface area (Å²) in [5.41, 5.74) is 8.28. The summed E-state index contributed by atoms with van der Waals surface area (Å²) in [6.07, 6.45) is 5.95. The number of carbonyl (C=O) groups excluding carboxylic acids is 1. The standard InChI is InChI=1S/C27H36N2O3/c1-4-6-16-29(17-7-5-2)18-9-19-31-22-14-12-21(13-15-22)26(30)25-20(3)32-27-23(25)10-8-11-24(27)28/h8,10-15H,4-7,9,16-19,28H2,1-3H3. The van der Waals surface area contributed by atoms with E-state index in [-0.39, 0.29) is 5.78 Å². The molecule has 1 aromatic heterocycles. The average Bonchev–Trinajstić information content (AvgIpc) is 3.15. The van der Waals surface area contributed by atoms with Crippen molar-refractivity contribution in [2.45, 2.75) is 52.9 Å². The summed E-state index contributed by atoms with van der Waals surface area (Å²) in [4.78, 5) is 15.7. The molecule has 3 rings (SSSR count). The molecule has 0 amide bonds. The van der Waals surface area contributed by atoms with E-state index < -0.39 is 0 Å². The number of anilines is 1. The fraction of sp³-hybridized carbons (Fsp3) is 0.444. The third-order valence-electron chi connectivity index (χ3n) is 5.81. The number of carbonyl (C=O) groups is 1. The largest absolute Gasteiger partial charge is 0.494 e. The van der Waals surface area contributed by atoms with Crippen molar-refractivity contribution in [2.24, 2.45) is 0 Å². The lowest BCUT2D eigenvalue weighted by molar-refractivity contribution is 0.103. The fourth-order valence-electron chi connectivity index (χ4n) is 3.97. The Kier molecular flexibility index (Phi) is 8.74. The van der Waals surface area contributed by atoms with E-state index in [0.717, 1.165) is 24.1 Å². The van der Waals surface area contributed by atoms with Gasteiger partial charge in [-0.05, 0) is 69.6 Å². The topological polar surface area (TPSA) is 68.7 Å². The van der Waals surface area contributed by atoms with E-state index in [1.807, 2.05) is 36.4 Å². The number of benzene rings is 2. The maximum Gasteiger partial charge on any atom is 0.197 e. The fourth-order valence-corrected chi connectivity index (χ4v) is 3.97. The Hall–Kier alpha value is -2.79. The van der Waals surface area contributed by atoms with E-state index in [4.69, 9.17) is 14.9 Å². The van der Waals surface area contributed by atoms with Crippen molar-refractivity contribution in [3.63, 3.8) is 0 Å². The maximum absolute atomic E-state index is 13.1. The van der Waals surface area contributed by atoms with Gasteiger partial charge in [0.2, 0.25) is 0 Å².